The highest BCUT2D eigenvalue weighted by Crippen LogP contribution is 2.37. The Hall–Kier alpha value is -1.87. The molecule has 6 nitrogen and oxygen atoms in total. The van der Waals surface area contributed by atoms with Crippen LogP contribution < -0.4 is 21.8 Å². The molecular weight excluding hydrogens is 351 g/mol. The molecule has 1 saturated heterocycles. The van der Waals surface area contributed by atoms with E-state index in [1.54, 1.807) is 6.92 Å². The van der Waals surface area contributed by atoms with Gasteiger partial charge in [0.15, 0.2) is 0 Å². The zero-order valence-corrected chi connectivity index (χ0v) is 14.2. The number of likely N-dealkylation sites (tertiary alicyclic amines) is 1. The second-order valence-electron chi connectivity index (χ2n) is 7.43. The number of hydrogen-bond donors (Lipinski definition) is 2. The molecule has 26 heavy (non-hydrogen) atoms. The number of nitrogens with zero attached hydrogens (tertiary/aromatic N) is 2. The van der Waals surface area contributed by atoms with Gasteiger partial charge in [-0.1, -0.05) is 0 Å². The molecular formula is C17H20F3N3O3. The van der Waals surface area contributed by atoms with Crippen LogP contribution in [0, 0.1) is 5.92 Å². The SMILES string of the molecule is CC1=c2c(c(=O)[nH]c(=O)n2C2CC2)=CC(F)C1N1CC(CO)C(F)(F)C1. The summed E-state index contributed by atoms with van der Waals surface area (Å²) in [6, 6.07) is -1.05. The topological polar surface area (TPSA) is 78.3 Å². The van der Waals surface area contributed by atoms with Crippen LogP contribution in [0.5, 0.6) is 0 Å². The fourth-order valence-electron chi connectivity index (χ4n) is 4.19. The molecule has 0 spiro atoms. The number of H-pyrrole nitrogens is 1. The number of aliphatic hydroxyl groups is 1. The lowest BCUT2D eigenvalue weighted by atomic mass is 9.95. The molecule has 4 rings (SSSR count). The van der Waals surface area contributed by atoms with E-state index in [0.29, 0.717) is 10.9 Å². The van der Waals surface area contributed by atoms with Crippen LogP contribution in [-0.2, 0) is 0 Å². The van der Waals surface area contributed by atoms with Crippen molar-refractivity contribution in [2.45, 2.75) is 43.9 Å². The maximum Gasteiger partial charge on any atom is 0.329 e. The lowest BCUT2D eigenvalue weighted by Crippen LogP contribution is -2.60. The van der Waals surface area contributed by atoms with Crippen LogP contribution in [0.25, 0.3) is 11.6 Å². The van der Waals surface area contributed by atoms with Crippen LogP contribution >= 0.6 is 0 Å². The highest BCUT2D eigenvalue weighted by Gasteiger charge is 2.51. The van der Waals surface area contributed by atoms with Gasteiger partial charge in [-0.25, -0.2) is 18.0 Å². The Balaban J connectivity index is 1.89. The number of halogens is 3. The largest absolute Gasteiger partial charge is 0.396 e. The molecule has 1 aliphatic heterocycles. The predicted octanol–water partition coefficient (Wildman–Crippen LogP) is -0.898. The number of aliphatic hydroxyl groups excluding tert-OH is 1. The highest BCUT2D eigenvalue weighted by molar-refractivity contribution is 5.56. The molecule has 1 aromatic heterocycles. The summed E-state index contributed by atoms with van der Waals surface area (Å²) < 4.78 is 44.4. The normalized spacial score (nSPS) is 31.0. The molecule has 0 amide bonds. The van der Waals surface area contributed by atoms with Gasteiger partial charge < -0.3 is 5.11 Å². The minimum Gasteiger partial charge on any atom is -0.396 e. The van der Waals surface area contributed by atoms with Gasteiger partial charge in [0.1, 0.15) is 6.17 Å². The molecule has 142 valence electrons. The van der Waals surface area contributed by atoms with Crippen molar-refractivity contribution in [1.29, 1.82) is 0 Å². The van der Waals surface area contributed by atoms with E-state index in [-0.39, 0.29) is 17.8 Å². The van der Waals surface area contributed by atoms with E-state index in [0.717, 1.165) is 18.9 Å². The van der Waals surface area contributed by atoms with E-state index in [1.807, 2.05) is 0 Å². The van der Waals surface area contributed by atoms with E-state index in [2.05, 4.69) is 4.98 Å². The third-order valence-electron chi connectivity index (χ3n) is 5.62. The van der Waals surface area contributed by atoms with E-state index in [9.17, 15) is 27.9 Å². The van der Waals surface area contributed by atoms with Crippen molar-refractivity contribution in [2.24, 2.45) is 5.92 Å². The van der Waals surface area contributed by atoms with Crippen molar-refractivity contribution in [3.8, 4) is 0 Å². The third kappa shape index (κ3) is 2.56. The number of aromatic amines is 1. The molecule has 1 aromatic rings. The Morgan fingerprint density at radius 1 is 1.35 bits per heavy atom. The Bertz CT molecular complexity index is 980. The standard InChI is InChI=1S/C17H20F3N3O3/c1-8-13-11(15(25)21-16(26)23(13)10-2-3-10)4-12(18)14(8)22-5-9(6-24)17(19,20)7-22/h4,9-10,12,14,24H,2-3,5-7H2,1H3,(H,21,25,26). The predicted molar refractivity (Wildman–Crippen MR) is 88.2 cm³/mol. The summed E-state index contributed by atoms with van der Waals surface area (Å²) in [5.74, 6) is -4.37. The lowest BCUT2D eigenvalue weighted by Gasteiger charge is -2.32. The average molecular weight is 371 g/mol. The molecule has 1 saturated carbocycles. The lowest BCUT2D eigenvalue weighted by molar-refractivity contribution is -0.0442. The fraction of sp³-hybridized carbons (Fsp3) is 0.647. The number of hydrogen-bond acceptors (Lipinski definition) is 4. The number of aromatic nitrogens is 2. The molecule has 0 radical (unpaired) electrons. The van der Waals surface area contributed by atoms with E-state index in [1.165, 1.54) is 9.47 Å². The van der Waals surface area contributed by atoms with Crippen LogP contribution in [0.1, 0.15) is 25.8 Å². The maximum atomic E-state index is 14.9. The molecule has 9 heteroatoms. The first-order valence-corrected chi connectivity index (χ1v) is 8.69. The first kappa shape index (κ1) is 17.5. The number of fused-ring (bicyclic) bond motifs is 1. The van der Waals surface area contributed by atoms with Crippen molar-refractivity contribution < 1.29 is 18.3 Å². The number of rotatable bonds is 3. The van der Waals surface area contributed by atoms with Crippen molar-refractivity contribution in [3.63, 3.8) is 0 Å². The smallest absolute Gasteiger partial charge is 0.329 e. The second kappa shape index (κ2) is 5.82. The molecule has 0 aromatic carbocycles. The van der Waals surface area contributed by atoms with Gasteiger partial charge in [0, 0.05) is 12.6 Å². The summed E-state index contributed by atoms with van der Waals surface area (Å²) in [7, 11) is 0. The van der Waals surface area contributed by atoms with Crippen LogP contribution in [0.4, 0.5) is 13.2 Å². The molecule has 0 bridgehead atoms. The van der Waals surface area contributed by atoms with Gasteiger partial charge in [-0.2, -0.15) is 0 Å². The summed E-state index contributed by atoms with van der Waals surface area (Å²) >= 11 is 0. The van der Waals surface area contributed by atoms with Gasteiger partial charge in [0.25, 0.3) is 11.5 Å². The van der Waals surface area contributed by atoms with Gasteiger partial charge in [-0.3, -0.25) is 19.2 Å². The quantitative estimate of drug-likeness (QED) is 0.722. The summed E-state index contributed by atoms with van der Waals surface area (Å²) in [5, 5.41) is 9.63. The van der Waals surface area contributed by atoms with Gasteiger partial charge in [0.2, 0.25) is 0 Å². The maximum absolute atomic E-state index is 14.9. The Kier molecular flexibility index (Phi) is 3.92. The van der Waals surface area contributed by atoms with Crippen molar-refractivity contribution in [1.82, 2.24) is 14.5 Å². The molecule has 3 aliphatic rings. The molecule has 3 atom stereocenters. The van der Waals surface area contributed by atoms with Crippen LogP contribution in [-0.4, -0.2) is 57.4 Å². The first-order chi connectivity index (χ1) is 12.2. The fourth-order valence-corrected chi connectivity index (χ4v) is 4.19. The Labute approximate surface area is 146 Å². The average Bonchev–Trinajstić information content (AvgIpc) is 3.32. The van der Waals surface area contributed by atoms with E-state index < -0.39 is 48.5 Å². The molecule has 2 aliphatic carbocycles. The van der Waals surface area contributed by atoms with Gasteiger partial charge in [-0.05, 0) is 31.4 Å². The summed E-state index contributed by atoms with van der Waals surface area (Å²) in [6.45, 7) is 0.0941. The molecule has 3 unspecified atom stereocenters. The summed E-state index contributed by atoms with van der Waals surface area (Å²) in [4.78, 5) is 27.9. The van der Waals surface area contributed by atoms with Crippen LogP contribution in [0.2, 0.25) is 0 Å². The zero-order valence-electron chi connectivity index (χ0n) is 14.2. The number of alkyl halides is 3. The molecule has 2 N–H and O–H groups in total. The van der Waals surface area contributed by atoms with Crippen LogP contribution in [0.3, 0.4) is 0 Å². The monoisotopic (exact) mass is 371 g/mol. The third-order valence-corrected chi connectivity index (χ3v) is 5.62. The summed E-state index contributed by atoms with van der Waals surface area (Å²) in [5.41, 5.74) is -0.818. The Morgan fingerprint density at radius 2 is 2.04 bits per heavy atom. The van der Waals surface area contributed by atoms with Gasteiger partial charge in [-0.15, -0.1) is 0 Å². The molecule has 2 fully saturated rings. The van der Waals surface area contributed by atoms with E-state index in [4.69, 9.17) is 0 Å². The van der Waals surface area contributed by atoms with E-state index >= 15 is 0 Å². The van der Waals surface area contributed by atoms with Crippen LogP contribution in [0.15, 0.2) is 9.59 Å². The number of nitrogens with one attached hydrogen (secondary N) is 1. The first-order valence-electron chi connectivity index (χ1n) is 8.69. The highest BCUT2D eigenvalue weighted by atomic mass is 19.3. The Morgan fingerprint density at radius 3 is 2.62 bits per heavy atom. The van der Waals surface area contributed by atoms with Crippen molar-refractivity contribution in [3.05, 3.63) is 31.4 Å². The van der Waals surface area contributed by atoms with Gasteiger partial charge in [0.05, 0.1) is 35.7 Å². The van der Waals surface area contributed by atoms with Crippen molar-refractivity contribution >= 4 is 11.6 Å². The molecule has 2 heterocycles. The second-order valence-corrected chi connectivity index (χ2v) is 7.43. The zero-order chi connectivity index (χ0) is 18.8. The summed E-state index contributed by atoms with van der Waals surface area (Å²) in [6.07, 6.45) is 1.03. The van der Waals surface area contributed by atoms with Gasteiger partial charge >= 0.3 is 5.69 Å². The minimum absolute atomic E-state index is 0.0570. The van der Waals surface area contributed by atoms with Crippen molar-refractivity contribution in [2.75, 3.05) is 19.7 Å². The minimum atomic E-state index is -3.11.